The number of rotatable bonds is 2. The standard InChI is InChI=1S/C25H33FN2O2/c1-23-12-18-13-24(2,15-23)17-25(14-18,16-23)22(30)28-9-5-8-27(10-11-28)21(29)19-6-3-4-7-20(19)26/h3-4,6-7,18H,5,8-17H2,1-2H3. The van der Waals surface area contributed by atoms with Crippen LogP contribution in [-0.2, 0) is 4.79 Å². The van der Waals surface area contributed by atoms with Crippen LogP contribution in [0.25, 0.3) is 0 Å². The second-order valence-corrected chi connectivity index (χ2v) is 11.3. The summed E-state index contributed by atoms with van der Waals surface area (Å²) < 4.78 is 14.1. The van der Waals surface area contributed by atoms with Crippen molar-refractivity contribution in [1.82, 2.24) is 9.80 Å². The summed E-state index contributed by atoms with van der Waals surface area (Å²) in [5, 5.41) is 0. The zero-order chi connectivity index (χ0) is 21.1. The zero-order valence-electron chi connectivity index (χ0n) is 18.3. The van der Waals surface area contributed by atoms with Crippen molar-refractivity contribution in [1.29, 1.82) is 0 Å². The van der Waals surface area contributed by atoms with Gasteiger partial charge in [-0.25, -0.2) is 4.39 Å². The lowest BCUT2D eigenvalue weighted by Crippen LogP contribution is -2.60. The molecule has 6 rings (SSSR count). The Morgan fingerprint density at radius 1 is 0.900 bits per heavy atom. The molecule has 1 aliphatic heterocycles. The maximum absolute atomic E-state index is 14.1. The number of hydrogen-bond donors (Lipinski definition) is 0. The molecular weight excluding hydrogens is 379 g/mol. The van der Waals surface area contributed by atoms with Crippen LogP contribution in [0.1, 0.15) is 69.2 Å². The largest absolute Gasteiger partial charge is 0.340 e. The summed E-state index contributed by atoms with van der Waals surface area (Å²) in [7, 11) is 0. The first-order valence-electron chi connectivity index (χ1n) is 11.5. The fourth-order valence-electron chi connectivity index (χ4n) is 8.15. The van der Waals surface area contributed by atoms with Crippen molar-refractivity contribution >= 4 is 11.8 Å². The average molecular weight is 413 g/mol. The van der Waals surface area contributed by atoms with Crippen molar-refractivity contribution < 1.29 is 14.0 Å². The van der Waals surface area contributed by atoms with Crippen LogP contribution in [-0.4, -0.2) is 47.8 Å². The quantitative estimate of drug-likeness (QED) is 0.718. The maximum atomic E-state index is 14.1. The van der Waals surface area contributed by atoms with Crippen molar-refractivity contribution in [3.8, 4) is 0 Å². The Labute approximate surface area is 178 Å². The van der Waals surface area contributed by atoms with Crippen LogP contribution < -0.4 is 0 Å². The Morgan fingerprint density at radius 3 is 2.20 bits per heavy atom. The fraction of sp³-hybridized carbons (Fsp3) is 0.680. The molecule has 2 unspecified atom stereocenters. The van der Waals surface area contributed by atoms with E-state index in [0.29, 0.717) is 48.8 Å². The minimum atomic E-state index is -0.477. The van der Waals surface area contributed by atoms with E-state index in [1.165, 1.54) is 25.3 Å². The summed E-state index contributed by atoms with van der Waals surface area (Å²) in [6.45, 7) is 7.09. The summed E-state index contributed by atoms with van der Waals surface area (Å²) in [4.78, 5) is 30.4. The summed E-state index contributed by atoms with van der Waals surface area (Å²) in [6.07, 6.45) is 7.67. The number of benzene rings is 1. The number of hydrogen-bond acceptors (Lipinski definition) is 2. The third kappa shape index (κ3) is 3.25. The van der Waals surface area contributed by atoms with Crippen LogP contribution in [0.4, 0.5) is 4.39 Å². The molecule has 1 aromatic carbocycles. The number of nitrogens with zero attached hydrogens (tertiary/aromatic N) is 2. The lowest BCUT2D eigenvalue weighted by molar-refractivity contribution is -0.179. The van der Waals surface area contributed by atoms with Crippen molar-refractivity contribution in [2.75, 3.05) is 26.2 Å². The predicted octanol–water partition coefficient (Wildman–Crippen LogP) is 4.50. The molecule has 5 aliphatic rings. The molecule has 162 valence electrons. The molecule has 1 heterocycles. The first-order valence-corrected chi connectivity index (χ1v) is 11.5. The minimum absolute atomic E-state index is 0.124. The van der Waals surface area contributed by atoms with E-state index in [0.717, 1.165) is 25.7 Å². The van der Waals surface area contributed by atoms with Gasteiger partial charge < -0.3 is 9.80 Å². The first kappa shape index (κ1) is 20.0. The summed E-state index contributed by atoms with van der Waals surface area (Å²) in [5.41, 5.74) is 0.540. The smallest absolute Gasteiger partial charge is 0.256 e. The van der Waals surface area contributed by atoms with E-state index < -0.39 is 5.82 Å². The Balaban J connectivity index is 1.31. The van der Waals surface area contributed by atoms with Crippen LogP contribution in [0, 0.1) is 28.0 Å². The van der Waals surface area contributed by atoms with Crippen LogP contribution in [0.3, 0.4) is 0 Å². The van der Waals surface area contributed by atoms with E-state index in [1.54, 1.807) is 23.1 Å². The molecule has 0 radical (unpaired) electrons. The van der Waals surface area contributed by atoms with Gasteiger partial charge in [0.2, 0.25) is 5.91 Å². The van der Waals surface area contributed by atoms with Crippen molar-refractivity contribution in [2.24, 2.45) is 22.2 Å². The van der Waals surface area contributed by atoms with Gasteiger partial charge in [0.15, 0.2) is 0 Å². The van der Waals surface area contributed by atoms with Crippen molar-refractivity contribution in [3.05, 3.63) is 35.6 Å². The normalized spacial score (nSPS) is 37.9. The molecule has 4 aliphatic carbocycles. The SMILES string of the molecule is CC12CC3CC(C)(C1)CC(C(=O)N1CCCN(C(=O)c4ccccc4F)CC1)(C3)C2. The van der Waals surface area contributed by atoms with Crippen LogP contribution in [0.5, 0.6) is 0 Å². The van der Waals surface area contributed by atoms with Gasteiger partial charge >= 0.3 is 0 Å². The van der Waals surface area contributed by atoms with Crippen molar-refractivity contribution in [3.63, 3.8) is 0 Å². The van der Waals surface area contributed by atoms with Gasteiger partial charge in [-0.3, -0.25) is 9.59 Å². The summed E-state index contributed by atoms with van der Waals surface area (Å²) in [5.74, 6) is 0.266. The lowest BCUT2D eigenvalue weighted by Gasteiger charge is -2.65. The second kappa shape index (κ2) is 6.80. The van der Waals surface area contributed by atoms with E-state index in [4.69, 9.17) is 0 Å². The van der Waals surface area contributed by atoms with Gasteiger partial charge in [-0.15, -0.1) is 0 Å². The van der Waals surface area contributed by atoms with Gasteiger partial charge in [0.1, 0.15) is 5.82 Å². The van der Waals surface area contributed by atoms with Gasteiger partial charge in [0, 0.05) is 26.2 Å². The molecule has 0 N–H and O–H groups in total. The van der Waals surface area contributed by atoms with E-state index >= 15 is 0 Å². The third-order valence-corrected chi connectivity index (χ3v) is 8.25. The zero-order valence-corrected chi connectivity index (χ0v) is 18.3. The van der Waals surface area contributed by atoms with Crippen LogP contribution in [0.15, 0.2) is 24.3 Å². The van der Waals surface area contributed by atoms with E-state index in [1.807, 2.05) is 4.90 Å². The highest BCUT2D eigenvalue weighted by atomic mass is 19.1. The molecule has 4 nitrogen and oxygen atoms in total. The lowest BCUT2D eigenvalue weighted by atomic mass is 9.40. The highest BCUT2D eigenvalue weighted by molar-refractivity contribution is 5.94. The van der Waals surface area contributed by atoms with Crippen molar-refractivity contribution in [2.45, 2.75) is 58.8 Å². The average Bonchev–Trinajstić information content (AvgIpc) is 2.90. The Bertz CT molecular complexity index is 866. The van der Waals surface area contributed by atoms with E-state index in [-0.39, 0.29) is 16.9 Å². The molecule has 5 heteroatoms. The Hall–Kier alpha value is -1.91. The van der Waals surface area contributed by atoms with Gasteiger partial charge in [-0.05, 0) is 73.8 Å². The predicted molar refractivity (Wildman–Crippen MR) is 113 cm³/mol. The van der Waals surface area contributed by atoms with Gasteiger partial charge in [-0.1, -0.05) is 26.0 Å². The highest BCUT2D eigenvalue weighted by Gasteiger charge is 2.63. The van der Waals surface area contributed by atoms with Crippen LogP contribution >= 0.6 is 0 Å². The first-order chi connectivity index (χ1) is 14.2. The summed E-state index contributed by atoms with van der Waals surface area (Å²) >= 11 is 0. The van der Waals surface area contributed by atoms with E-state index in [9.17, 15) is 14.0 Å². The third-order valence-electron chi connectivity index (χ3n) is 8.25. The molecule has 1 aromatic rings. The molecule has 0 aromatic heterocycles. The minimum Gasteiger partial charge on any atom is -0.340 e. The number of halogens is 1. The van der Waals surface area contributed by atoms with Crippen LogP contribution in [0.2, 0.25) is 0 Å². The molecule has 5 fully saturated rings. The molecule has 2 atom stereocenters. The Morgan fingerprint density at radius 2 is 1.53 bits per heavy atom. The van der Waals surface area contributed by atoms with Gasteiger partial charge in [-0.2, -0.15) is 0 Å². The molecule has 30 heavy (non-hydrogen) atoms. The van der Waals surface area contributed by atoms with Gasteiger partial charge in [0.25, 0.3) is 5.91 Å². The number of amides is 2. The Kier molecular flexibility index (Phi) is 4.53. The number of carbonyl (C=O) groups excluding carboxylic acids is 2. The highest BCUT2D eigenvalue weighted by Crippen LogP contribution is 2.69. The molecule has 0 spiro atoms. The summed E-state index contributed by atoms with van der Waals surface area (Å²) in [6, 6.07) is 6.16. The molecule has 4 saturated carbocycles. The maximum Gasteiger partial charge on any atom is 0.256 e. The molecule has 4 bridgehead atoms. The molecule has 1 saturated heterocycles. The monoisotopic (exact) mass is 412 g/mol. The fourth-order valence-corrected chi connectivity index (χ4v) is 8.15. The second-order valence-electron chi connectivity index (χ2n) is 11.3. The topological polar surface area (TPSA) is 40.6 Å². The molecule has 2 amide bonds. The number of carbonyl (C=O) groups is 2. The van der Waals surface area contributed by atoms with E-state index in [2.05, 4.69) is 13.8 Å². The van der Waals surface area contributed by atoms with Gasteiger partial charge in [0.05, 0.1) is 11.0 Å². The molecular formula is C25H33FN2O2.